The molecule has 8 heteroatoms. The maximum atomic E-state index is 13.1. The van der Waals surface area contributed by atoms with Crippen molar-refractivity contribution in [1.29, 1.82) is 0 Å². The molecule has 1 unspecified atom stereocenters. The predicted molar refractivity (Wildman–Crippen MR) is 150 cm³/mol. The summed E-state index contributed by atoms with van der Waals surface area (Å²) in [5.41, 5.74) is 5.05. The number of ether oxygens (including phenoxy) is 1. The molecule has 3 amide bonds. The Kier molecular flexibility index (Phi) is 7.42. The van der Waals surface area contributed by atoms with E-state index in [0.717, 1.165) is 34.2 Å². The molecule has 196 valence electrons. The Hall–Kier alpha value is -3.26. The molecule has 1 saturated heterocycles. The number of nitrogens with one attached hydrogen (secondary N) is 1. The van der Waals surface area contributed by atoms with Gasteiger partial charge in [0.05, 0.1) is 12.0 Å². The maximum Gasteiger partial charge on any atom is 0.294 e. The number of thioether (sulfide) groups is 1. The Morgan fingerprint density at radius 3 is 2.51 bits per heavy atom. The van der Waals surface area contributed by atoms with Gasteiger partial charge >= 0.3 is 0 Å². The van der Waals surface area contributed by atoms with Gasteiger partial charge in [0.15, 0.2) is 0 Å². The number of fused-ring (bicyclic) bond motifs is 1. The minimum atomic E-state index is -0.449. The highest BCUT2D eigenvalue weighted by molar-refractivity contribution is 8.18. The molecule has 1 N–H and O–H groups in total. The normalized spacial score (nSPS) is 20.0. The molecular formula is C29H35N3O4S. The van der Waals surface area contributed by atoms with Gasteiger partial charge in [0.1, 0.15) is 12.3 Å². The molecule has 2 aromatic rings. The van der Waals surface area contributed by atoms with E-state index in [1.165, 1.54) is 11.3 Å². The lowest BCUT2D eigenvalue weighted by Gasteiger charge is -2.50. The van der Waals surface area contributed by atoms with E-state index >= 15 is 0 Å². The number of rotatable bonds is 6. The van der Waals surface area contributed by atoms with E-state index in [9.17, 15) is 14.4 Å². The van der Waals surface area contributed by atoms with Crippen molar-refractivity contribution in [2.75, 3.05) is 23.9 Å². The number of benzene rings is 2. The van der Waals surface area contributed by atoms with Gasteiger partial charge in [-0.2, -0.15) is 0 Å². The number of carbonyl (C=O) groups excluding carboxylic acids is 3. The summed E-state index contributed by atoms with van der Waals surface area (Å²) < 4.78 is 5.12. The minimum Gasteiger partial charge on any atom is -0.497 e. The first-order valence-corrected chi connectivity index (χ1v) is 13.4. The molecule has 2 heterocycles. The largest absolute Gasteiger partial charge is 0.497 e. The first-order chi connectivity index (χ1) is 17.4. The smallest absolute Gasteiger partial charge is 0.294 e. The zero-order valence-corrected chi connectivity index (χ0v) is 23.4. The van der Waals surface area contributed by atoms with Crippen molar-refractivity contribution in [3.8, 4) is 5.75 Å². The lowest BCUT2D eigenvalue weighted by Crippen LogP contribution is -2.51. The molecule has 7 nitrogen and oxygen atoms in total. The molecular weight excluding hydrogens is 486 g/mol. The zero-order chi connectivity index (χ0) is 27.1. The number of aryl methyl sites for hydroxylation is 1. The molecule has 1 atom stereocenters. The third-order valence-corrected chi connectivity index (χ3v) is 7.92. The summed E-state index contributed by atoms with van der Waals surface area (Å²) in [7, 11) is 1.56. The standard InChI is InChI=1S/C29H35N3O4S/c1-17(2)32-24-12-18(3)20(13-23(24)19(4)15-29(32,5)6)14-25-27(34)31(28(35)37-25)16-26(33)30-21-8-10-22(36-7)11-9-21/h8-14,17,19H,15-16H2,1-7H3,(H,30,33)/b25-14-. The fourth-order valence-electron chi connectivity index (χ4n) is 5.54. The van der Waals surface area contributed by atoms with Gasteiger partial charge in [-0.25, -0.2) is 0 Å². The van der Waals surface area contributed by atoms with Gasteiger partial charge in [-0.1, -0.05) is 6.92 Å². The maximum absolute atomic E-state index is 13.1. The third-order valence-electron chi connectivity index (χ3n) is 7.02. The lowest BCUT2D eigenvalue weighted by molar-refractivity contribution is -0.127. The van der Waals surface area contributed by atoms with Crippen LogP contribution in [-0.2, 0) is 9.59 Å². The van der Waals surface area contributed by atoms with Crippen LogP contribution in [0.5, 0.6) is 5.75 Å². The van der Waals surface area contributed by atoms with E-state index in [1.54, 1.807) is 37.5 Å². The fourth-order valence-corrected chi connectivity index (χ4v) is 6.37. The van der Waals surface area contributed by atoms with Crippen LogP contribution in [-0.4, -0.2) is 47.2 Å². The van der Waals surface area contributed by atoms with E-state index in [2.05, 4.69) is 57.0 Å². The minimum absolute atomic E-state index is 0.0452. The first-order valence-electron chi connectivity index (χ1n) is 12.5. The van der Waals surface area contributed by atoms with Crippen LogP contribution in [0.2, 0.25) is 0 Å². The van der Waals surface area contributed by atoms with Crippen LogP contribution in [0.3, 0.4) is 0 Å². The Balaban J connectivity index is 1.54. The summed E-state index contributed by atoms with van der Waals surface area (Å²) >= 11 is 0.874. The van der Waals surface area contributed by atoms with Crippen LogP contribution in [0.15, 0.2) is 41.3 Å². The lowest BCUT2D eigenvalue weighted by atomic mass is 9.78. The quantitative estimate of drug-likeness (QED) is 0.458. The molecule has 0 radical (unpaired) electrons. The summed E-state index contributed by atoms with van der Waals surface area (Å²) in [5, 5.41) is 2.27. The number of amides is 3. The van der Waals surface area contributed by atoms with E-state index in [-0.39, 0.29) is 12.1 Å². The molecule has 2 aliphatic rings. The topological polar surface area (TPSA) is 79.0 Å². The Morgan fingerprint density at radius 1 is 1.22 bits per heavy atom. The highest BCUT2D eigenvalue weighted by Crippen LogP contribution is 2.46. The number of carbonyl (C=O) groups is 3. The molecule has 2 aliphatic heterocycles. The molecule has 4 rings (SSSR count). The molecule has 0 spiro atoms. The average Bonchev–Trinajstić information content (AvgIpc) is 3.07. The van der Waals surface area contributed by atoms with Gasteiger partial charge in [0, 0.05) is 23.0 Å². The fraction of sp³-hybridized carbons (Fsp3) is 0.414. The second-order valence-corrected chi connectivity index (χ2v) is 11.7. The Labute approximate surface area is 223 Å². The average molecular weight is 522 g/mol. The summed E-state index contributed by atoms with van der Waals surface area (Å²) in [6, 6.07) is 11.6. The summed E-state index contributed by atoms with van der Waals surface area (Å²) in [4.78, 5) is 42.1. The van der Waals surface area contributed by atoms with Crippen LogP contribution in [0, 0.1) is 6.92 Å². The van der Waals surface area contributed by atoms with Crippen molar-refractivity contribution >= 4 is 46.3 Å². The van der Waals surface area contributed by atoms with Gasteiger partial charge in [0.2, 0.25) is 5.91 Å². The SMILES string of the molecule is COc1ccc(NC(=O)CN2C(=O)S/C(=C\c3cc4c(cc3C)N(C(C)C)C(C)(C)CC4C)C2=O)cc1. The van der Waals surface area contributed by atoms with Crippen LogP contribution >= 0.6 is 11.8 Å². The molecule has 37 heavy (non-hydrogen) atoms. The second-order valence-electron chi connectivity index (χ2n) is 10.7. The summed E-state index contributed by atoms with van der Waals surface area (Å²) in [5.74, 6) is 0.143. The number of anilines is 2. The van der Waals surface area contributed by atoms with Gasteiger partial charge in [0.25, 0.3) is 11.1 Å². The summed E-state index contributed by atoms with van der Waals surface area (Å²) in [6.45, 7) is 12.9. The molecule has 2 aromatic carbocycles. The van der Waals surface area contributed by atoms with Crippen molar-refractivity contribution < 1.29 is 19.1 Å². The first kappa shape index (κ1) is 26.8. The molecule has 1 fully saturated rings. The van der Waals surface area contributed by atoms with Crippen molar-refractivity contribution in [2.45, 2.75) is 65.5 Å². The number of hydrogen-bond donors (Lipinski definition) is 1. The van der Waals surface area contributed by atoms with Crippen molar-refractivity contribution in [3.05, 3.63) is 58.0 Å². The van der Waals surface area contributed by atoms with E-state index in [0.29, 0.717) is 28.3 Å². The Morgan fingerprint density at radius 2 is 1.89 bits per heavy atom. The van der Waals surface area contributed by atoms with Crippen molar-refractivity contribution in [3.63, 3.8) is 0 Å². The second kappa shape index (κ2) is 10.2. The van der Waals surface area contributed by atoms with Gasteiger partial charge in [-0.05, 0) is 118 Å². The third kappa shape index (κ3) is 5.39. The van der Waals surface area contributed by atoms with Crippen LogP contribution in [0.4, 0.5) is 16.2 Å². The predicted octanol–water partition coefficient (Wildman–Crippen LogP) is 6.18. The zero-order valence-electron chi connectivity index (χ0n) is 22.5. The van der Waals surface area contributed by atoms with Gasteiger partial charge in [-0.3, -0.25) is 19.3 Å². The van der Waals surface area contributed by atoms with E-state index in [4.69, 9.17) is 4.74 Å². The molecule has 0 saturated carbocycles. The van der Waals surface area contributed by atoms with Crippen LogP contribution < -0.4 is 15.0 Å². The molecule has 0 aliphatic carbocycles. The van der Waals surface area contributed by atoms with Crippen molar-refractivity contribution in [2.24, 2.45) is 0 Å². The van der Waals surface area contributed by atoms with E-state index in [1.807, 2.05) is 6.92 Å². The van der Waals surface area contributed by atoms with Gasteiger partial charge in [-0.15, -0.1) is 0 Å². The van der Waals surface area contributed by atoms with Crippen LogP contribution in [0.25, 0.3) is 6.08 Å². The molecule has 0 bridgehead atoms. The number of methoxy groups -OCH3 is 1. The van der Waals surface area contributed by atoms with Crippen molar-refractivity contribution in [1.82, 2.24) is 4.90 Å². The van der Waals surface area contributed by atoms with E-state index < -0.39 is 17.1 Å². The molecule has 0 aromatic heterocycles. The highest BCUT2D eigenvalue weighted by atomic mass is 32.2. The number of hydrogen-bond acceptors (Lipinski definition) is 6. The van der Waals surface area contributed by atoms with Crippen LogP contribution in [0.1, 0.15) is 63.6 Å². The highest BCUT2D eigenvalue weighted by Gasteiger charge is 2.39. The Bertz CT molecular complexity index is 1270. The number of nitrogens with zero attached hydrogens (tertiary/aromatic N) is 2. The summed E-state index contributed by atoms with van der Waals surface area (Å²) in [6.07, 6.45) is 2.81. The van der Waals surface area contributed by atoms with Gasteiger partial charge < -0.3 is 15.0 Å². The number of imide groups is 1. The monoisotopic (exact) mass is 521 g/mol.